The van der Waals surface area contributed by atoms with Crippen LogP contribution in [-0.2, 0) is 20.1 Å². The second kappa shape index (κ2) is 9.38. The zero-order valence-corrected chi connectivity index (χ0v) is 15.6. The number of hydrogen-bond donors (Lipinski definition) is 3. The van der Waals surface area contributed by atoms with Gasteiger partial charge in [-0.05, 0) is 17.9 Å². The van der Waals surface area contributed by atoms with E-state index in [1.807, 2.05) is 44.2 Å². The predicted octanol–water partition coefficient (Wildman–Crippen LogP) is 1.23. The first-order chi connectivity index (χ1) is 12.4. The van der Waals surface area contributed by atoms with Crippen molar-refractivity contribution in [1.29, 1.82) is 0 Å². The van der Waals surface area contributed by atoms with Crippen LogP contribution in [0.2, 0.25) is 0 Å². The van der Waals surface area contributed by atoms with Crippen molar-refractivity contribution < 1.29 is 19.2 Å². The number of thioether (sulfide) groups is 1. The molecule has 7 nitrogen and oxygen atoms in total. The Hall–Kier alpha value is -2.35. The second-order valence-electron chi connectivity index (χ2n) is 6.40. The summed E-state index contributed by atoms with van der Waals surface area (Å²) < 4.78 is 0. The first-order valence-corrected chi connectivity index (χ1v) is 9.46. The molecule has 1 aromatic carbocycles. The molecule has 2 atom stereocenters. The van der Waals surface area contributed by atoms with Crippen LogP contribution in [0.4, 0.5) is 4.79 Å². The molecule has 140 valence electrons. The first-order valence-electron chi connectivity index (χ1n) is 8.48. The number of carbonyl (C=O) groups excluding carboxylic acids is 4. The molecular formula is C18H23N3O4S. The van der Waals surface area contributed by atoms with Crippen LogP contribution in [0, 0.1) is 5.92 Å². The van der Waals surface area contributed by atoms with E-state index >= 15 is 0 Å². The fraction of sp³-hybridized carbons (Fsp3) is 0.444. The van der Waals surface area contributed by atoms with Crippen LogP contribution in [0.25, 0.3) is 0 Å². The topological polar surface area (TPSA) is 104 Å². The molecule has 1 aromatic rings. The van der Waals surface area contributed by atoms with Gasteiger partial charge in [-0.2, -0.15) is 0 Å². The summed E-state index contributed by atoms with van der Waals surface area (Å²) in [6, 6.07) is 7.93. The first kappa shape index (κ1) is 20.0. The zero-order chi connectivity index (χ0) is 19.1. The second-order valence-corrected chi connectivity index (χ2v) is 7.35. The van der Waals surface area contributed by atoms with Gasteiger partial charge >= 0.3 is 0 Å². The zero-order valence-electron chi connectivity index (χ0n) is 14.8. The van der Waals surface area contributed by atoms with Crippen molar-refractivity contribution in [2.45, 2.75) is 38.1 Å². The lowest BCUT2D eigenvalue weighted by atomic mass is 10.0. The minimum absolute atomic E-state index is 0.163. The maximum absolute atomic E-state index is 12.5. The molecule has 0 spiro atoms. The van der Waals surface area contributed by atoms with E-state index in [0.717, 1.165) is 17.3 Å². The lowest BCUT2D eigenvalue weighted by molar-refractivity contribution is -0.142. The predicted molar refractivity (Wildman–Crippen MR) is 99.5 cm³/mol. The molecular weight excluding hydrogens is 354 g/mol. The van der Waals surface area contributed by atoms with Crippen molar-refractivity contribution in [2.24, 2.45) is 5.92 Å². The largest absolute Gasteiger partial charge is 0.349 e. The van der Waals surface area contributed by atoms with E-state index < -0.39 is 29.7 Å². The molecule has 1 fully saturated rings. The molecule has 0 aliphatic carbocycles. The van der Waals surface area contributed by atoms with Gasteiger partial charge in [-0.1, -0.05) is 55.9 Å². The Balaban J connectivity index is 1.90. The van der Waals surface area contributed by atoms with Crippen molar-refractivity contribution in [3.05, 3.63) is 35.9 Å². The summed E-state index contributed by atoms with van der Waals surface area (Å²) in [7, 11) is 0. The number of nitrogens with one attached hydrogen (secondary N) is 3. The Morgan fingerprint density at radius 3 is 2.58 bits per heavy atom. The van der Waals surface area contributed by atoms with Gasteiger partial charge in [-0.15, -0.1) is 0 Å². The number of carbonyl (C=O) groups is 4. The van der Waals surface area contributed by atoms with Gasteiger partial charge in [0, 0.05) is 12.3 Å². The summed E-state index contributed by atoms with van der Waals surface area (Å²) in [6.45, 7) is 3.95. The molecule has 1 saturated heterocycles. The third kappa shape index (κ3) is 5.59. The van der Waals surface area contributed by atoms with E-state index in [9.17, 15) is 19.2 Å². The summed E-state index contributed by atoms with van der Waals surface area (Å²) in [5.74, 6) is -1.46. The van der Waals surface area contributed by atoms with Gasteiger partial charge in [0.2, 0.25) is 11.7 Å². The average Bonchev–Trinajstić information content (AvgIpc) is 2.62. The van der Waals surface area contributed by atoms with Crippen molar-refractivity contribution >= 4 is 34.6 Å². The minimum atomic E-state index is -0.841. The van der Waals surface area contributed by atoms with Crippen LogP contribution >= 0.6 is 11.8 Å². The van der Waals surface area contributed by atoms with Crippen LogP contribution in [0.5, 0.6) is 0 Å². The van der Waals surface area contributed by atoms with Crippen molar-refractivity contribution in [1.82, 2.24) is 16.0 Å². The molecule has 0 radical (unpaired) electrons. The number of hydrogen-bond acceptors (Lipinski definition) is 5. The lowest BCUT2D eigenvalue weighted by Gasteiger charge is -2.26. The average molecular weight is 377 g/mol. The van der Waals surface area contributed by atoms with Gasteiger partial charge < -0.3 is 16.0 Å². The minimum Gasteiger partial charge on any atom is -0.349 e. The molecule has 3 amide bonds. The van der Waals surface area contributed by atoms with Gasteiger partial charge in [0.1, 0.15) is 6.04 Å². The van der Waals surface area contributed by atoms with Crippen LogP contribution in [0.15, 0.2) is 30.3 Å². The molecule has 0 aromatic heterocycles. The Bertz CT molecular complexity index is 678. The Morgan fingerprint density at radius 1 is 1.23 bits per heavy atom. The van der Waals surface area contributed by atoms with Crippen LogP contribution in [0.3, 0.4) is 0 Å². The maximum atomic E-state index is 12.5. The summed E-state index contributed by atoms with van der Waals surface area (Å²) >= 11 is 1.08. The highest BCUT2D eigenvalue weighted by molar-refractivity contribution is 8.12. The Kier molecular flexibility index (Phi) is 7.20. The molecule has 0 bridgehead atoms. The molecule has 1 aliphatic rings. The van der Waals surface area contributed by atoms with Gasteiger partial charge in [0.05, 0.1) is 6.04 Å². The van der Waals surface area contributed by atoms with Crippen LogP contribution in [-0.4, -0.2) is 41.5 Å². The molecule has 0 saturated carbocycles. The van der Waals surface area contributed by atoms with E-state index in [4.69, 9.17) is 0 Å². The number of rotatable bonds is 6. The smallest absolute Gasteiger partial charge is 0.289 e. The van der Waals surface area contributed by atoms with Crippen molar-refractivity contribution in [3.8, 4) is 0 Å². The molecule has 1 heterocycles. The molecule has 26 heavy (non-hydrogen) atoms. The fourth-order valence-electron chi connectivity index (χ4n) is 2.53. The molecule has 2 unspecified atom stereocenters. The van der Waals surface area contributed by atoms with Crippen molar-refractivity contribution in [2.75, 3.05) is 6.54 Å². The standard InChI is InChI=1S/C18H23N3O4S/c1-11(2)14(16(23)20-13-8-9-19-17(24)15(13)22)21-18(25)26-10-12-6-4-3-5-7-12/h3-7,11,13-14H,8-10H2,1-2H3,(H,19,24)(H,20,23)(H,21,25). The number of Topliss-reactive ketones (excluding diaryl/α,β-unsaturated/α-hetero) is 1. The molecule has 3 N–H and O–H groups in total. The SMILES string of the molecule is CC(C)C(NC(=O)SCc1ccccc1)C(=O)NC1CCNC(=O)C1=O. The van der Waals surface area contributed by atoms with Gasteiger partial charge in [0.25, 0.3) is 11.1 Å². The summed E-state index contributed by atoms with van der Waals surface area (Å²) in [5, 5.41) is 7.42. The normalized spacial score (nSPS) is 18.2. The highest BCUT2D eigenvalue weighted by Gasteiger charge is 2.33. The highest BCUT2D eigenvalue weighted by atomic mass is 32.2. The van der Waals surface area contributed by atoms with Crippen LogP contribution < -0.4 is 16.0 Å². The molecule has 1 aliphatic heterocycles. The monoisotopic (exact) mass is 377 g/mol. The van der Waals surface area contributed by atoms with E-state index in [1.54, 1.807) is 0 Å². The van der Waals surface area contributed by atoms with E-state index in [-0.39, 0.29) is 11.2 Å². The summed E-state index contributed by atoms with van der Waals surface area (Å²) in [4.78, 5) is 47.9. The Labute approximate surface area is 156 Å². The highest BCUT2D eigenvalue weighted by Crippen LogP contribution is 2.14. The molecule has 8 heteroatoms. The van der Waals surface area contributed by atoms with E-state index in [0.29, 0.717) is 18.7 Å². The van der Waals surface area contributed by atoms with Gasteiger partial charge in [-0.3, -0.25) is 19.2 Å². The third-order valence-corrected chi connectivity index (χ3v) is 4.87. The third-order valence-electron chi connectivity index (χ3n) is 4.01. The van der Waals surface area contributed by atoms with Crippen molar-refractivity contribution in [3.63, 3.8) is 0 Å². The summed E-state index contributed by atoms with van der Waals surface area (Å²) in [6.07, 6.45) is 0.345. The maximum Gasteiger partial charge on any atom is 0.289 e. The Morgan fingerprint density at radius 2 is 1.92 bits per heavy atom. The lowest BCUT2D eigenvalue weighted by Crippen LogP contribution is -2.57. The summed E-state index contributed by atoms with van der Waals surface area (Å²) in [5.41, 5.74) is 1.01. The number of ketones is 1. The van der Waals surface area contributed by atoms with E-state index in [2.05, 4.69) is 16.0 Å². The number of benzene rings is 1. The molecule has 2 rings (SSSR count). The number of amides is 3. The van der Waals surface area contributed by atoms with E-state index in [1.165, 1.54) is 0 Å². The number of piperidine rings is 1. The van der Waals surface area contributed by atoms with Crippen LogP contribution in [0.1, 0.15) is 25.8 Å². The quantitative estimate of drug-likeness (QED) is 0.647. The fourth-order valence-corrected chi connectivity index (χ4v) is 3.23. The van der Waals surface area contributed by atoms with Gasteiger partial charge in [0.15, 0.2) is 0 Å². The van der Waals surface area contributed by atoms with Gasteiger partial charge in [-0.25, -0.2) is 0 Å².